The van der Waals surface area contributed by atoms with E-state index in [2.05, 4.69) is 0 Å². The molecule has 0 aromatic heterocycles. The SMILES string of the molecule is CC(O)C(N)C(=O)CCCCCC(=O)O.Cl. The second-order valence-electron chi connectivity index (χ2n) is 3.69. The molecule has 0 aliphatic carbocycles. The first kappa shape index (κ1) is 17.7. The van der Waals surface area contributed by atoms with Crippen molar-refractivity contribution >= 4 is 24.2 Å². The van der Waals surface area contributed by atoms with Gasteiger partial charge in [0.2, 0.25) is 0 Å². The number of carbonyl (C=O) groups excluding carboxylic acids is 1. The van der Waals surface area contributed by atoms with E-state index in [1.165, 1.54) is 6.92 Å². The highest BCUT2D eigenvalue weighted by molar-refractivity contribution is 5.85. The van der Waals surface area contributed by atoms with Gasteiger partial charge < -0.3 is 15.9 Å². The van der Waals surface area contributed by atoms with Gasteiger partial charge in [-0.15, -0.1) is 12.4 Å². The molecule has 6 heteroatoms. The molecule has 0 saturated carbocycles. The zero-order valence-electron chi connectivity index (χ0n) is 9.39. The van der Waals surface area contributed by atoms with Gasteiger partial charge in [-0.2, -0.15) is 0 Å². The zero-order chi connectivity index (χ0) is 11.8. The number of carbonyl (C=O) groups is 2. The maximum absolute atomic E-state index is 11.3. The standard InChI is InChI=1S/C10H19NO4.ClH/c1-7(12)10(11)8(13)5-3-2-4-6-9(14)15;/h7,10,12H,2-6,11H2,1H3,(H,14,15);1H. The van der Waals surface area contributed by atoms with Crippen LogP contribution in [0.2, 0.25) is 0 Å². The third-order valence-electron chi connectivity index (χ3n) is 2.21. The lowest BCUT2D eigenvalue weighted by molar-refractivity contribution is -0.137. The summed E-state index contributed by atoms with van der Waals surface area (Å²) < 4.78 is 0. The number of aliphatic carboxylic acids is 1. The van der Waals surface area contributed by atoms with Crippen LogP contribution in [0, 0.1) is 0 Å². The predicted octanol–water partition coefficient (Wildman–Crippen LogP) is 0.720. The van der Waals surface area contributed by atoms with E-state index in [4.69, 9.17) is 15.9 Å². The number of unbranched alkanes of at least 4 members (excludes halogenated alkanes) is 2. The number of carboxylic acid groups (broad SMARTS) is 1. The Hall–Kier alpha value is -0.650. The fraction of sp³-hybridized carbons (Fsp3) is 0.800. The maximum atomic E-state index is 11.3. The molecule has 0 aromatic rings. The smallest absolute Gasteiger partial charge is 0.303 e. The largest absolute Gasteiger partial charge is 0.481 e. The van der Waals surface area contributed by atoms with Crippen molar-refractivity contribution in [2.24, 2.45) is 5.73 Å². The van der Waals surface area contributed by atoms with Crippen LogP contribution in [-0.4, -0.2) is 34.1 Å². The van der Waals surface area contributed by atoms with Crippen LogP contribution < -0.4 is 5.73 Å². The van der Waals surface area contributed by atoms with E-state index < -0.39 is 18.1 Å². The Bertz CT molecular complexity index is 221. The second-order valence-corrected chi connectivity index (χ2v) is 3.69. The van der Waals surface area contributed by atoms with Gasteiger partial charge in [0.15, 0.2) is 5.78 Å². The Kier molecular flexibility index (Phi) is 10.6. The van der Waals surface area contributed by atoms with Crippen LogP contribution in [0.25, 0.3) is 0 Å². The Morgan fingerprint density at radius 2 is 1.69 bits per heavy atom. The number of halogens is 1. The summed E-state index contributed by atoms with van der Waals surface area (Å²) in [4.78, 5) is 21.5. The quantitative estimate of drug-likeness (QED) is 0.554. The van der Waals surface area contributed by atoms with Crippen LogP contribution in [-0.2, 0) is 9.59 Å². The van der Waals surface area contributed by atoms with Gasteiger partial charge in [-0.3, -0.25) is 9.59 Å². The van der Waals surface area contributed by atoms with Crippen LogP contribution in [0.4, 0.5) is 0 Å². The van der Waals surface area contributed by atoms with Gasteiger partial charge >= 0.3 is 5.97 Å². The molecule has 0 aliphatic heterocycles. The number of nitrogens with two attached hydrogens (primary N) is 1. The van der Waals surface area contributed by atoms with Crippen LogP contribution in [0.15, 0.2) is 0 Å². The van der Waals surface area contributed by atoms with Crippen molar-refractivity contribution < 1.29 is 19.8 Å². The van der Waals surface area contributed by atoms with Crippen molar-refractivity contribution in [3.8, 4) is 0 Å². The summed E-state index contributed by atoms with van der Waals surface area (Å²) in [7, 11) is 0. The van der Waals surface area contributed by atoms with E-state index in [1.807, 2.05) is 0 Å². The summed E-state index contributed by atoms with van der Waals surface area (Å²) in [5.41, 5.74) is 5.43. The van der Waals surface area contributed by atoms with Crippen molar-refractivity contribution in [3.05, 3.63) is 0 Å². The topological polar surface area (TPSA) is 101 Å². The number of rotatable bonds is 8. The summed E-state index contributed by atoms with van der Waals surface area (Å²) >= 11 is 0. The molecule has 5 nitrogen and oxygen atoms in total. The third-order valence-corrected chi connectivity index (χ3v) is 2.21. The summed E-state index contributed by atoms with van der Waals surface area (Å²) in [6.07, 6.45) is 1.53. The van der Waals surface area contributed by atoms with Crippen LogP contribution in [0.5, 0.6) is 0 Å². The Morgan fingerprint density at radius 1 is 1.19 bits per heavy atom. The van der Waals surface area contributed by atoms with E-state index >= 15 is 0 Å². The van der Waals surface area contributed by atoms with E-state index in [0.29, 0.717) is 25.7 Å². The van der Waals surface area contributed by atoms with Crippen LogP contribution in [0.1, 0.15) is 39.0 Å². The fourth-order valence-corrected chi connectivity index (χ4v) is 1.19. The monoisotopic (exact) mass is 253 g/mol. The lowest BCUT2D eigenvalue weighted by atomic mass is 10.0. The molecule has 0 spiro atoms. The van der Waals surface area contributed by atoms with Crippen LogP contribution >= 0.6 is 12.4 Å². The first-order valence-electron chi connectivity index (χ1n) is 5.13. The fourth-order valence-electron chi connectivity index (χ4n) is 1.19. The number of aliphatic hydroxyl groups is 1. The molecule has 16 heavy (non-hydrogen) atoms. The summed E-state index contributed by atoms with van der Waals surface area (Å²) in [6, 6.07) is -0.815. The van der Waals surface area contributed by atoms with E-state index in [1.54, 1.807) is 0 Å². The normalized spacial score (nSPS) is 13.7. The van der Waals surface area contributed by atoms with E-state index in [-0.39, 0.29) is 24.6 Å². The number of ketones is 1. The molecule has 2 unspecified atom stereocenters. The lowest BCUT2D eigenvalue weighted by Crippen LogP contribution is -2.40. The van der Waals surface area contributed by atoms with Gasteiger partial charge in [-0.1, -0.05) is 6.42 Å². The Labute approximate surface area is 101 Å². The van der Waals surface area contributed by atoms with Crippen molar-refractivity contribution in [2.45, 2.75) is 51.2 Å². The van der Waals surface area contributed by atoms with Gasteiger partial charge in [-0.05, 0) is 19.8 Å². The molecule has 0 saturated heterocycles. The minimum Gasteiger partial charge on any atom is -0.481 e. The number of Topliss-reactive ketones (excluding diaryl/α,β-unsaturated/α-hetero) is 1. The lowest BCUT2D eigenvalue weighted by Gasteiger charge is -2.12. The molecule has 0 rings (SSSR count). The third kappa shape index (κ3) is 8.64. The molecule has 0 bridgehead atoms. The Balaban J connectivity index is 0. The minimum atomic E-state index is -0.823. The van der Waals surface area contributed by atoms with E-state index in [9.17, 15) is 9.59 Å². The molecule has 0 radical (unpaired) electrons. The van der Waals surface area contributed by atoms with Gasteiger partial charge in [-0.25, -0.2) is 0 Å². The number of hydrogen-bond donors (Lipinski definition) is 3. The second kappa shape index (κ2) is 9.57. The predicted molar refractivity (Wildman–Crippen MR) is 62.6 cm³/mol. The molecule has 0 fully saturated rings. The van der Waals surface area contributed by atoms with Gasteiger partial charge in [0.05, 0.1) is 12.1 Å². The highest BCUT2D eigenvalue weighted by Gasteiger charge is 2.17. The van der Waals surface area contributed by atoms with Crippen molar-refractivity contribution in [3.63, 3.8) is 0 Å². The first-order valence-corrected chi connectivity index (χ1v) is 5.13. The molecule has 0 heterocycles. The van der Waals surface area contributed by atoms with E-state index in [0.717, 1.165) is 0 Å². The molecule has 0 aliphatic rings. The summed E-state index contributed by atoms with van der Waals surface area (Å²) in [6.45, 7) is 1.48. The average Bonchev–Trinajstić information content (AvgIpc) is 2.15. The number of hydrogen-bond acceptors (Lipinski definition) is 4. The van der Waals surface area contributed by atoms with Crippen molar-refractivity contribution in [1.29, 1.82) is 0 Å². The summed E-state index contributed by atoms with van der Waals surface area (Å²) in [5.74, 6) is -0.984. The zero-order valence-corrected chi connectivity index (χ0v) is 10.2. The van der Waals surface area contributed by atoms with Gasteiger partial charge in [0, 0.05) is 12.8 Å². The molecule has 96 valence electrons. The molecule has 4 N–H and O–H groups in total. The van der Waals surface area contributed by atoms with Gasteiger partial charge in [0.1, 0.15) is 0 Å². The molecule has 0 aromatic carbocycles. The van der Waals surface area contributed by atoms with Crippen molar-refractivity contribution in [2.75, 3.05) is 0 Å². The molecular formula is C10H20ClNO4. The highest BCUT2D eigenvalue weighted by atomic mass is 35.5. The van der Waals surface area contributed by atoms with Gasteiger partial charge in [0.25, 0.3) is 0 Å². The number of aliphatic hydroxyl groups excluding tert-OH is 1. The Morgan fingerprint density at radius 3 is 2.12 bits per heavy atom. The highest BCUT2D eigenvalue weighted by Crippen LogP contribution is 2.05. The molecule has 0 amide bonds. The minimum absolute atomic E-state index is 0. The number of carboxylic acids is 1. The maximum Gasteiger partial charge on any atom is 0.303 e. The first-order chi connectivity index (χ1) is 6.95. The molecular weight excluding hydrogens is 234 g/mol. The molecule has 2 atom stereocenters. The summed E-state index contributed by atoms with van der Waals surface area (Å²) in [5, 5.41) is 17.4. The average molecular weight is 254 g/mol. The van der Waals surface area contributed by atoms with Crippen LogP contribution in [0.3, 0.4) is 0 Å². The van der Waals surface area contributed by atoms with Crippen molar-refractivity contribution in [1.82, 2.24) is 0 Å².